The number of nitrogens with zero attached hydrogens (tertiary/aromatic N) is 2. The standard InChI is InChI=1S/C18H21N3O3/c1-18(2,12-22)7-4-8-20-17(23)15-10-16(24-21-15)14-6-3-5-13(9-14)11-19/h3,5-6,9-10,22H,4,7-8,12H2,1-2H3,(H,20,23). The Balaban J connectivity index is 1.93. The second-order valence-electron chi connectivity index (χ2n) is 6.45. The molecular formula is C18H21N3O3. The summed E-state index contributed by atoms with van der Waals surface area (Å²) in [5.74, 6) is 0.141. The largest absolute Gasteiger partial charge is 0.396 e. The van der Waals surface area contributed by atoms with Gasteiger partial charge in [0.25, 0.3) is 5.91 Å². The average molecular weight is 327 g/mol. The lowest BCUT2D eigenvalue weighted by molar-refractivity contribution is 0.0939. The van der Waals surface area contributed by atoms with Gasteiger partial charge in [0.05, 0.1) is 11.6 Å². The average Bonchev–Trinajstić information content (AvgIpc) is 3.09. The summed E-state index contributed by atoms with van der Waals surface area (Å²) in [7, 11) is 0. The number of carbonyl (C=O) groups is 1. The molecule has 2 N–H and O–H groups in total. The number of aliphatic hydroxyl groups excluding tert-OH is 1. The van der Waals surface area contributed by atoms with Crippen LogP contribution in [0.4, 0.5) is 0 Å². The van der Waals surface area contributed by atoms with Crippen molar-refractivity contribution in [3.8, 4) is 17.4 Å². The summed E-state index contributed by atoms with van der Waals surface area (Å²) < 4.78 is 5.20. The third kappa shape index (κ3) is 4.67. The third-order valence-corrected chi connectivity index (χ3v) is 3.76. The zero-order chi connectivity index (χ0) is 17.6. The Kier molecular flexibility index (Phi) is 5.72. The van der Waals surface area contributed by atoms with Crippen LogP contribution in [-0.2, 0) is 0 Å². The molecule has 0 aliphatic carbocycles. The number of aliphatic hydroxyl groups is 1. The molecule has 1 amide bonds. The molecule has 6 nitrogen and oxygen atoms in total. The van der Waals surface area contributed by atoms with Crippen LogP contribution in [0.15, 0.2) is 34.9 Å². The molecule has 0 spiro atoms. The molecule has 0 atom stereocenters. The molecule has 0 radical (unpaired) electrons. The Labute approximate surface area is 141 Å². The van der Waals surface area contributed by atoms with E-state index in [1.165, 1.54) is 0 Å². The maximum Gasteiger partial charge on any atom is 0.273 e. The molecule has 0 bridgehead atoms. The SMILES string of the molecule is CC(C)(CO)CCCNC(=O)c1cc(-c2cccc(C#N)c2)on1. The Morgan fingerprint density at radius 3 is 2.92 bits per heavy atom. The van der Waals surface area contributed by atoms with E-state index in [1.807, 2.05) is 13.8 Å². The topological polar surface area (TPSA) is 99.2 Å². The molecule has 0 aliphatic heterocycles. The number of aromatic nitrogens is 1. The van der Waals surface area contributed by atoms with Gasteiger partial charge in [-0.2, -0.15) is 5.26 Å². The van der Waals surface area contributed by atoms with E-state index in [2.05, 4.69) is 16.5 Å². The van der Waals surface area contributed by atoms with Gasteiger partial charge in [-0.25, -0.2) is 0 Å². The molecule has 0 unspecified atom stereocenters. The molecule has 2 rings (SSSR count). The zero-order valence-electron chi connectivity index (χ0n) is 13.9. The van der Waals surface area contributed by atoms with Crippen molar-refractivity contribution in [1.29, 1.82) is 5.26 Å². The van der Waals surface area contributed by atoms with Gasteiger partial charge < -0.3 is 14.9 Å². The first-order valence-electron chi connectivity index (χ1n) is 7.81. The van der Waals surface area contributed by atoms with E-state index in [-0.39, 0.29) is 23.6 Å². The van der Waals surface area contributed by atoms with Gasteiger partial charge >= 0.3 is 0 Å². The summed E-state index contributed by atoms with van der Waals surface area (Å²) in [6, 6.07) is 10.5. The number of hydrogen-bond donors (Lipinski definition) is 2. The van der Waals surface area contributed by atoms with Gasteiger partial charge in [0, 0.05) is 24.8 Å². The van der Waals surface area contributed by atoms with Gasteiger partial charge in [0.15, 0.2) is 11.5 Å². The summed E-state index contributed by atoms with van der Waals surface area (Å²) in [6.45, 7) is 4.59. The molecule has 1 heterocycles. The first-order chi connectivity index (χ1) is 11.4. The van der Waals surface area contributed by atoms with Gasteiger partial charge in [-0.15, -0.1) is 0 Å². The summed E-state index contributed by atoms with van der Waals surface area (Å²) in [5, 5.41) is 24.7. The van der Waals surface area contributed by atoms with E-state index in [0.717, 1.165) is 12.8 Å². The molecule has 126 valence electrons. The fourth-order valence-electron chi connectivity index (χ4n) is 2.20. The molecule has 0 aliphatic rings. The minimum atomic E-state index is -0.303. The van der Waals surface area contributed by atoms with Gasteiger partial charge in [-0.1, -0.05) is 31.1 Å². The van der Waals surface area contributed by atoms with Gasteiger partial charge in [0.1, 0.15) is 0 Å². The predicted molar refractivity (Wildman–Crippen MR) is 89.1 cm³/mol. The van der Waals surface area contributed by atoms with Crippen molar-refractivity contribution < 1.29 is 14.4 Å². The second-order valence-corrected chi connectivity index (χ2v) is 6.45. The van der Waals surface area contributed by atoms with Crippen LogP contribution in [0.3, 0.4) is 0 Å². The number of nitriles is 1. The van der Waals surface area contributed by atoms with E-state index in [4.69, 9.17) is 9.78 Å². The highest BCUT2D eigenvalue weighted by Crippen LogP contribution is 2.22. The number of nitrogens with one attached hydrogen (secondary N) is 1. The van der Waals surface area contributed by atoms with Crippen LogP contribution < -0.4 is 5.32 Å². The van der Waals surface area contributed by atoms with Gasteiger partial charge in [-0.3, -0.25) is 4.79 Å². The normalized spacial score (nSPS) is 11.1. The fraction of sp³-hybridized carbons (Fsp3) is 0.389. The van der Waals surface area contributed by atoms with Crippen LogP contribution in [0.2, 0.25) is 0 Å². The van der Waals surface area contributed by atoms with Crippen molar-refractivity contribution in [2.24, 2.45) is 5.41 Å². The predicted octanol–water partition coefficient (Wildman–Crippen LogP) is 2.74. The highest BCUT2D eigenvalue weighted by molar-refractivity contribution is 5.93. The van der Waals surface area contributed by atoms with Crippen LogP contribution in [0.5, 0.6) is 0 Å². The van der Waals surface area contributed by atoms with Crippen LogP contribution >= 0.6 is 0 Å². The van der Waals surface area contributed by atoms with E-state index in [1.54, 1.807) is 30.3 Å². The van der Waals surface area contributed by atoms with E-state index in [0.29, 0.717) is 23.4 Å². The van der Waals surface area contributed by atoms with Gasteiger partial charge in [0.2, 0.25) is 0 Å². The van der Waals surface area contributed by atoms with Crippen LogP contribution in [0.25, 0.3) is 11.3 Å². The first-order valence-corrected chi connectivity index (χ1v) is 7.81. The molecule has 1 aromatic carbocycles. The minimum absolute atomic E-state index is 0.120. The van der Waals surface area contributed by atoms with Gasteiger partial charge in [-0.05, 0) is 30.4 Å². The number of amides is 1. The summed E-state index contributed by atoms with van der Waals surface area (Å²) in [5.41, 5.74) is 1.28. The van der Waals surface area contributed by atoms with Crippen molar-refractivity contribution in [2.45, 2.75) is 26.7 Å². The lowest BCUT2D eigenvalue weighted by Crippen LogP contribution is -2.26. The molecule has 0 saturated carbocycles. The van der Waals surface area contributed by atoms with Crippen molar-refractivity contribution in [3.05, 3.63) is 41.6 Å². The molecule has 2 aromatic rings. The Bertz CT molecular complexity index is 744. The molecule has 0 saturated heterocycles. The van der Waals surface area contributed by atoms with Crippen LogP contribution in [-0.4, -0.2) is 29.3 Å². The number of benzene rings is 1. The van der Waals surface area contributed by atoms with Crippen molar-refractivity contribution in [2.75, 3.05) is 13.2 Å². The fourth-order valence-corrected chi connectivity index (χ4v) is 2.20. The van der Waals surface area contributed by atoms with E-state index in [9.17, 15) is 9.90 Å². The molecular weight excluding hydrogens is 306 g/mol. The quantitative estimate of drug-likeness (QED) is 0.762. The van der Waals surface area contributed by atoms with E-state index >= 15 is 0 Å². The smallest absolute Gasteiger partial charge is 0.273 e. The molecule has 0 fully saturated rings. The molecule has 1 aromatic heterocycles. The lowest BCUT2D eigenvalue weighted by atomic mass is 9.89. The molecule has 24 heavy (non-hydrogen) atoms. The highest BCUT2D eigenvalue weighted by atomic mass is 16.5. The Morgan fingerprint density at radius 2 is 2.21 bits per heavy atom. The minimum Gasteiger partial charge on any atom is -0.396 e. The van der Waals surface area contributed by atoms with Crippen molar-refractivity contribution in [1.82, 2.24) is 10.5 Å². The van der Waals surface area contributed by atoms with Crippen LogP contribution in [0, 0.1) is 16.7 Å². The summed E-state index contributed by atoms with van der Waals surface area (Å²) in [4.78, 5) is 12.1. The first kappa shape index (κ1) is 17.7. The van der Waals surface area contributed by atoms with Crippen molar-refractivity contribution >= 4 is 5.91 Å². The number of hydrogen-bond acceptors (Lipinski definition) is 5. The summed E-state index contributed by atoms with van der Waals surface area (Å²) in [6.07, 6.45) is 1.59. The number of carbonyl (C=O) groups excluding carboxylic acids is 1. The summed E-state index contributed by atoms with van der Waals surface area (Å²) >= 11 is 0. The third-order valence-electron chi connectivity index (χ3n) is 3.76. The monoisotopic (exact) mass is 327 g/mol. The zero-order valence-corrected chi connectivity index (χ0v) is 13.9. The maximum atomic E-state index is 12.1. The number of rotatable bonds is 7. The Hall–Kier alpha value is -2.65. The Morgan fingerprint density at radius 1 is 1.42 bits per heavy atom. The highest BCUT2D eigenvalue weighted by Gasteiger charge is 2.17. The second kappa shape index (κ2) is 7.75. The van der Waals surface area contributed by atoms with Crippen LogP contribution in [0.1, 0.15) is 42.7 Å². The lowest BCUT2D eigenvalue weighted by Gasteiger charge is -2.20. The maximum absolute atomic E-state index is 12.1. The van der Waals surface area contributed by atoms with Crippen molar-refractivity contribution in [3.63, 3.8) is 0 Å². The van der Waals surface area contributed by atoms with E-state index < -0.39 is 0 Å². The molecule has 6 heteroatoms.